The SMILES string of the molecule is CNC(COC)c1ccoc1. The van der Waals surface area contributed by atoms with Crippen LogP contribution in [0.3, 0.4) is 0 Å². The van der Waals surface area contributed by atoms with Crippen LogP contribution in [0.25, 0.3) is 0 Å². The van der Waals surface area contributed by atoms with Crippen LogP contribution in [0.2, 0.25) is 0 Å². The van der Waals surface area contributed by atoms with Gasteiger partial charge in [-0.25, -0.2) is 0 Å². The number of nitrogens with one attached hydrogen (secondary N) is 1. The van der Waals surface area contributed by atoms with E-state index in [9.17, 15) is 0 Å². The van der Waals surface area contributed by atoms with Crippen molar-refractivity contribution in [1.82, 2.24) is 5.32 Å². The van der Waals surface area contributed by atoms with E-state index in [2.05, 4.69) is 5.32 Å². The molecule has 1 aromatic heterocycles. The molecule has 0 amide bonds. The molecular formula is C8H13NO2. The standard InChI is InChI=1S/C8H13NO2/c1-9-8(6-10-2)7-3-4-11-5-7/h3-5,8-9H,6H2,1-2H3. The Morgan fingerprint density at radius 3 is 3.00 bits per heavy atom. The first-order valence-electron chi connectivity index (χ1n) is 3.56. The number of methoxy groups -OCH3 is 1. The number of likely N-dealkylation sites (N-methyl/N-ethyl adjacent to an activating group) is 1. The van der Waals surface area contributed by atoms with Crippen LogP contribution in [0.1, 0.15) is 11.6 Å². The fraction of sp³-hybridized carbons (Fsp3) is 0.500. The van der Waals surface area contributed by atoms with E-state index in [0.717, 1.165) is 5.56 Å². The van der Waals surface area contributed by atoms with E-state index in [1.807, 2.05) is 13.1 Å². The van der Waals surface area contributed by atoms with E-state index in [0.29, 0.717) is 6.61 Å². The predicted octanol–water partition coefficient (Wildman–Crippen LogP) is 1.19. The third kappa shape index (κ3) is 2.06. The van der Waals surface area contributed by atoms with Crippen LogP contribution in [0.15, 0.2) is 23.0 Å². The number of ether oxygens (including phenoxy) is 1. The quantitative estimate of drug-likeness (QED) is 0.709. The molecule has 0 saturated carbocycles. The Kier molecular flexibility index (Phi) is 3.14. The highest BCUT2D eigenvalue weighted by Gasteiger charge is 2.08. The van der Waals surface area contributed by atoms with Gasteiger partial charge in [-0.1, -0.05) is 0 Å². The van der Waals surface area contributed by atoms with Gasteiger partial charge in [0.05, 0.1) is 25.2 Å². The molecule has 0 fully saturated rings. The Hall–Kier alpha value is -0.800. The minimum absolute atomic E-state index is 0.235. The molecular weight excluding hydrogens is 142 g/mol. The van der Waals surface area contributed by atoms with Crippen LogP contribution >= 0.6 is 0 Å². The summed E-state index contributed by atoms with van der Waals surface area (Å²) in [6.07, 6.45) is 3.38. The summed E-state index contributed by atoms with van der Waals surface area (Å²) in [6, 6.07) is 2.17. The maximum Gasteiger partial charge on any atom is 0.0951 e. The Labute approximate surface area is 66.3 Å². The number of furan rings is 1. The zero-order chi connectivity index (χ0) is 8.10. The van der Waals surface area contributed by atoms with Crippen molar-refractivity contribution in [3.05, 3.63) is 24.2 Å². The lowest BCUT2D eigenvalue weighted by Crippen LogP contribution is -2.20. The van der Waals surface area contributed by atoms with Crippen LogP contribution in [-0.4, -0.2) is 20.8 Å². The summed E-state index contributed by atoms with van der Waals surface area (Å²) >= 11 is 0. The minimum Gasteiger partial charge on any atom is -0.472 e. The summed E-state index contributed by atoms with van der Waals surface area (Å²) in [5.41, 5.74) is 1.12. The molecule has 1 heterocycles. The molecule has 0 bridgehead atoms. The van der Waals surface area contributed by atoms with Crippen molar-refractivity contribution in [2.45, 2.75) is 6.04 Å². The molecule has 1 unspecified atom stereocenters. The van der Waals surface area contributed by atoms with Crippen LogP contribution in [0.4, 0.5) is 0 Å². The normalized spacial score (nSPS) is 13.3. The van der Waals surface area contributed by atoms with Gasteiger partial charge in [0.25, 0.3) is 0 Å². The van der Waals surface area contributed by atoms with E-state index < -0.39 is 0 Å². The summed E-state index contributed by atoms with van der Waals surface area (Å²) in [4.78, 5) is 0. The Bertz CT molecular complexity index is 184. The smallest absolute Gasteiger partial charge is 0.0951 e. The monoisotopic (exact) mass is 155 g/mol. The third-order valence-electron chi connectivity index (χ3n) is 1.63. The van der Waals surface area contributed by atoms with Crippen molar-refractivity contribution in [1.29, 1.82) is 0 Å². The number of hydrogen-bond donors (Lipinski definition) is 1. The molecule has 3 heteroatoms. The maximum atomic E-state index is 5.01. The first-order valence-corrected chi connectivity index (χ1v) is 3.56. The van der Waals surface area contributed by atoms with Gasteiger partial charge in [-0.15, -0.1) is 0 Å². The summed E-state index contributed by atoms with van der Waals surface area (Å²) < 4.78 is 9.96. The zero-order valence-corrected chi connectivity index (χ0v) is 6.83. The first kappa shape index (κ1) is 8.30. The highest BCUT2D eigenvalue weighted by atomic mass is 16.5. The van der Waals surface area contributed by atoms with Crippen molar-refractivity contribution in [2.24, 2.45) is 0 Å². The number of hydrogen-bond acceptors (Lipinski definition) is 3. The summed E-state index contributed by atoms with van der Waals surface area (Å²) in [5.74, 6) is 0. The molecule has 1 atom stereocenters. The third-order valence-corrected chi connectivity index (χ3v) is 1.63. The molecule has 0 aliphatic heterocycles. The topological polar surface area (TPSA) is 34.4 Å². The highest BCUT2D eigenvalue weighted by molar-refractivity contribution is 5.11. The number of rotatable bonds is 4. The average Bonchev–Trinajstić information content (AvgIpc) is 2.52. The molecule has 1 aromatic rings. The van der Waals surface area contributed by atoms with Gasteiger partial charge in [-0.2, -0.15) is 0 Å². The average molecular weight is 155 g/mol. The Balaban J connectivity index is 2.56. The van der Waals surface area contributed by atoms with Gasteiger partial charge >= 0.3 is 0 Å². The summed E-state index contributed by atoms with van der Waals surface area (Å²) in [7, 11) is 3.58. The fourth-order valence-electron chi connectivity index (χ4n) is 0.986. The molecule has 0 saturated heterocycles. The van der Waals surface area contributed by atoms with E-state index in [4.69, 9.17) is 9.15 Å². The molecule has 1 N–H and O–H groups in total. The molecule has 0 spiro atoms. The molecule has 0 radical (unpaired) electrons. The highest BCUT2D eigenvalue weighted by Crippen LogP contribution is 2.12. The molecule has 11 heavy (non-hydrogen) atoms. The van der Waals surface area contributed by atoms with Gasteiger partial charge in [0.15, 0.2) is 0 Å². The van der Waals surface area contributed by atoms with Gasteiger partial charge in [0, 0.05) is 12.7 Å². The van der Waals surface area contributed by atoms with Crippen molar-refractivity contribution in [3.8, 4) is 0 Å². The van der Waals surface area contributed by atoms with Crippen molar-refractivity contribution < 1.29 is 9.15 Å². The van der Waals surface area contributed by atoms with Crippen molar-refractivity contribution in [2.75, 3.05) is 20.8 Å². The Morgan fingerprint density at radius 1 is 1.73 bits per heavy atom. The van der Waals surface area contributed by atoms with E-state index in [1.165, 1.54) is 0 Å². The summed E-state index contributed by atoms with van der Waals surface area (Å²) in [5, 5.41) is 3.12. The molecule has 0 aromatic carbocycles. The van der Waals surface area contributed by atoms with E-state index in [1.54, 1.807) is 19.6 Å². The molecule has 62 valence electrons. The second-order valence-electron chi connectivity index (χ2n) is 2.35. The van der Waals surface area contributed by atoms with E-state index in [-0.39, 0.29) is 6.04 Å². The van der Waals surface area contributed by atoms with Gasteiger partial charge in [0.1, 0.15) is 0 Å². The van der Waals surface area contributed by atoms with Gasteiger partial charge in [-0.05, 0) is 13.1 Å². The van der Waals surface area contributed by atoms with Gasteiger partial charge in [-0.3, -0.25) is 0 Å². The van der Waals surface area contributed by atoms with Crippen LogP contribution in [0.5, 0.6) is 0 Å². The van der Waals surface area contributed by atoms with Crippen LogP contribution < -0.4 is 5.32 Å². The lowest BCUT2D eigenvalue weighted by atomic mass is 10.2. The predicted molar refractivity (Wildman–Crippen MR) is 42.4 cm³/mol. The fourth-order valence-corrected chi connectivity index (χ4v) is 0.986. The maximum absolute atomic E-state index is 5.01. The second kappa shape index (κ2) is 4.16. The van der Waals surface area contributed by atoms with Gasteiger partial charge in [0.2, 0.25) is 0 Å². The molecule has 3 nitrogen and oxygen atoms in total. The first-order chi connectivity index (χ1) is 5.38. The minimum atomic E-state index is 0.235. The van der Waals surface area contributed by atoms with Gasteiger partial charge < -0.3 is 14.5 Å². The van der Waals surface area contributed by atoms with Crippen LogP contribution in [0, 0.1) is 0 Å². The zero-order valence-electron chi connectivity index (χ0n) is 6.83. The van der Waals surface area contributed by atoms with Crippen LogP contribution in [-0.2, 0) is 4.74 Å². The summed E-state index contributed by atoms with van der Waals surface area (Å²) in [6.45, 7) is 0.663. The molecule has 1 rings (SSSR count). The lowest BCUT2D eigenvalue weighted by molar-refractivity contribution is 0.170. The van der Waals surface area contributed by atoms with Crippen molar-refractivity contribution >= 4 is 0 Å². The second-order valence-corrected chi connectivity index (χ2v) is 2.35. The van der Waals surface area contributed by atoms with E-state index >= 15 is 0 Å². The largest absolute Gasteiger partial charge is 0.472 e. The lowest BCUT2D eigenvalue weighted by Gasteiger charge is -2.11. The van der Waals surface area contributed by atoms with Crippen molar-refractivity contribution in [3.63, 3.8) is 0 Å². The molecule has 0 aliphatic carbocycles. The molecule has 0 aliphatic rings. The Morgan fingerprint density at radius 2 is 2.55 bits per heavy atom.